The van der Waals surface area contributed by atoms with Crippen LogP contribution in [0.1, 0.15) is 11.4 Å². The predicted octanol–water partition coefficient (Wildman–Crippen LogP) is 2.83. The number of fused-ring (bicyclic) bond motifs is 1. The molecule has 0 aliphatic carbocycles. The summed E-state index contributed by atoms with van der Waals surface area (Å²) in [5, 5.41) is 0.796. The number of hydrogen-bond acceptors (Lipinski definition) is 1. The summed E-state index contributed by atoms with van der Waals surface area (Å²) in [6, 6.07) is 10.3. The van der Waals surface area contributed by atoms with Gasteiger partial charge in [-0.25, -0.2) is 4.39 Å². The number of H-pyrrole nitrogens is 1. The van der Waals surface area contributed by atoms with E-state index in [2.05, 4.69) is 4.98 Å². The minimum atomic E-state index is -0.470. The molecule has 0 saturated heterocycles. The first kappa shape index (κ1) is 11.7. The van der Waals surface area contributed by atoms with Crippen LogP contribution >= 0.6 is 0 Å². The Balaban J connectivity index is 2.25. The van der Waals surface area contributed by atoms with Gasteiger partial charge in [-0.3, -0.25) is 4.79 Å². The van der Waals surface area contributed by atoms with Gasteiger partial charge in [0.2, 0.25) is 0 Å². The molecule has 3 nitrogen and oxygen atoms in total. The van der Waals surface area contributed by atoms with Crippen molar-refractivity contribution < 1.29 is 4.39 Å². The second kappa shape index (κ2) is 4.39. The smallest absolute Gasteiger partial charge is 0.261 e. The summed E-state index contributed by atoms with van der Waals surface area (Å²) in [7, 11) is 0. The van der Waals surface area contributed by atoms with Gasteiger partial charge in [-0.2, -0.15) is 0 Å². The lowest BCUT2D eigenvalue weighted by Gasteiger charge is -2.11. The first-order valence-corrected chi connectivity index (χ1v) is 6.08. The molecule has 3 rings (SSSR count). The van der Waals surface area contributed by atoms with Crippen LogP contribution in [0.2, 0.25) is 0 Å². The van der Waals surface area contributed by atoms with Crippen molar-refractivity contribution in [3.05, 3.63) is 70.2 Å². The molecule has 0 fully saturated rings. The number of pyridine rings is 1. The SMILES string of the molecule is Cc1cc2cccc(F)c2c(=O)n1Cc1ccc[nH]1. The lowest BCUT2D eigenvalue weighted by molar-refractivity contribution is 0.634. The lowest BCUT2D eigenvalue weighted by atomic mass is 10.1. The molecule has 4 heteroatoms. The van der Waals surface area contributed by atoms with Gasteiger partial charge in [0.05, 0.1) is 11.9 Å². The maximum atomic E-state index is 13.8. The first-order chi connectivity index (χ1) is 9.16. The van der Waals surface area contributed by atoms with Gasteiger partial charge in [0.15, 0.2) is 0 Å². The zero-order chi connectivity index (χ0) is 13.4. The van der Waals surface area contributed by atoms with E-state index in [1.54, 1.807) is 22.9 Å². The quantitative estimate of drug-likeness (QED) is 0.752. The molecule has 1 N–H and O–H groups in total. The molecule has 0 aliphatic heterocycles. The van der Waals surface area contributed by atoms with E-state index in [0.717, 1.165) is 11.4 Å². The highest BCUT2D eigenvalue weighted by atomic mass is 19.1. The predicted molar refractivity (Wildman–Crippen MR) is 72.8 cm³/mol. The number of aromatic nitrogens is 2. The number of rotatable bonds is 2. The number of aromatic amines is 1. The highest BCUT2D eigenvalue weighted by molar-refractivity contribution is 5.82. The molecule has 2 aromatic heterocycles. The molecular formula is C15H13FN2O. The molecule has 0 spiro atoms. The molecule has 0 atom stereocenters. The van der Waals surface area contributed by atoms with Gasteiger partial charge >= 0.3 is 0 Å². The second-order valence-electron chi connectivity index (χ2n) is 4.58. The summed E-state index contributed by atoms with van der Waals surface area (Å²) in [4.78, 5) is 15.5. The van der Waals surface area contributed by atoms with Crippen molar-refractivity contribution in [2.75, 3.05) is 0 Å². The Kier molecular flexibility index (Phi) is 2.71. The molecule has 3 aromatic rings. The lowest BCUT2D eigenvalue weighted by Crippen LogP contribution is -2.23. The summed E-state index contributed by atoms with van der Waals surface area (Å²) < 4.78 is 15.4. The van der Waals surface area contributed by atoms with Crippen LogP contribution in [0.25, 0.3) is 10.8 Å². The van der Waals surface area contributed by atoms with Crippen molar-refractivity contribution in [2.24, 2.45) is 0 Å². The molecule has 96 valence electrons. The Morgan fingerprint density at radius 2 is 2.11 bits per heavy atom. The third-order valence-electron chi connectivity index (χ3n) is 3.29. The highest BCUT2D eigenvalue weighted by Crippen LogP contribution is 2.15. The van der Waals surface area contributed by atoms with Gasteiger partial charge in [0.1, 0.15) is 5.82 Å². The molecule has 2 heterocycles. The number of aryl methyl sites for hydroxylation is 1. The third-order valence-corrected chi connectivity index (χ3v) is 3.29. The molecule has 1 aromatic carbocycles. The normalized spacial score (nSPS) is 11.1. The molecule has 0 amide bonds. The zero-order valence-corrected chi connectivity index (χ0v) is 10.5. The van der Waals surface area contributed by atoms with Crippen LogP contribution in [0, 0.1) is 12.7 Å². The van der Waals surface area contributed by atoms with Crippen molar-refractivity contribution in [1.82, 2.24) is 9.55 Å². The van der Waals surface area contributed by atoms with Crippen LogP contribution in [-0.2, 0) is 6.54 Å². The van der Waals surface area contributed by atoms with E-state index in [1.165, 1.54) is 6.07 Å². The fourth-order valence-corrected chi connectivity index (χ4v) is 2.32. The average molecular weight is 256 g/mol. The Morgan fingerprint density at radius 3 is 2.84 bits per heavy atom. The van der Waals surface area contributed by atoms with E-state index in [1.807, 2.05) is 25.1 Å². The number of halogens is 1. The van der Waals surface area contributed by atoms with Crippen LogP contribution in [0.4, 0.5) is 4.39 Å². The minimum absolute atomic E-state index is 0.152. The number of nitrogens with zero attached hydrogens (tertiary/aromatic N) is 1. The zero-order valence-electron chi connectivity index (χ0n) is 10.5. The van der Waals surface area contributed by atoms with Gasteiger partial charge in [0.25, 0.3) is 5.56 Å². The van der Waals surface area contributed by atoms with Gasteiger partial charge in [0, 0.05) is 17.6 Å². The monoisotopic (exact) mass is 256 g/mol. The van der Waals surface area contributed by atoms with Crippen LogP contribution < -0.4 is 5.56 Å². The van der Waals surface area contributed by atoms with Crippen molar-refractivity contribution in [1.29, 1.82) is 0 Å². The van der Waals surface area contributed by atoms with Crippen LogP contribution in [0.5, 0.6) is 0 Å². The Bertz CT molecular complexity index is 788. The number of hydrogen-bond donors (Lipinski definition) is 1. The summed E-state index contributed by atoms with van der Waals surface area (Å²) in [5.41, 5.74) is 1.45. The Morgan fingerprint density at radius 1 is 1.26 bits per heavy atom. The van der Waals surface area contributed by atoms with E-state index < -0.39 is 5.82 Å². The Labute approximate surface area is 109 Å². The standard InChI is InChI=1S/C15H13FN2O/c1-10-8-11-4-2-6-13(16)14(11)15(19)18(10)9-12-5-3-7-17-12/h2-8,17H,9H2,1H3. The van der Waals surface area contributed by atoms with Gasteiger partial charge in [-0.1, -0.05) is 12.1 Å². The molecule has 0 bridgehead atoms. The van der Waals surface area contributed by atoms with E-state index in [-0.39, 0.29) is 10.9 Å². The van der Waals surface area contributed by atoms with E-state index in [0.29, 0.717) is 11.9 Å². The van der Waals surface area contributed by atoms with E-state index in [4.69, 9.17) is 0 Å². The van der Waals surface area contributed by atoms with E-state index in [9.17, 15) is 9.18 Å². The van der Waals surface area contributed by atoms with Gasteiger partial charge < -0.3 is 9.55 Å². The average Bonchev–Trinajstić information content (AvgIpc) is 2.87. The van der Waals surface area contributed by atoms with Crippen molar-refractivity contribution in [3.8, 4) is 0 Å². The van der Waals surface area contributed by atoms with Crippen molar-refractivity contribution in [3.63, 3.8) is 0 Å². The molecule has 0 radical (unpaired) electrons. The number of benzene rings is 1. The summed E-state index contributed by atoms with van der Waals surface area (Å²) in [6.45, 7) is 2.27. The highest BCUT2D eigenvalue weighted by Gasteiger charge is 2.10. The fourth-order valence-electron chi connectivity index (χ4n) is 2.32. The minimum Gasteiger partial charge on any atom is -0.364 e. The van der Waals surface area contributed by atoms with Crippen LogP contribution in [0.3, 0.4) is 0 Å². The van der Waals surface area contributed by atoms with Crippen molar-refractivity contribution >= 4 is 10.8 Å². The maximum absolute atomic E-state index is 13.8. The van der Waals surface area contributed by atoms with Crippen LogP contribution in [-0.4, -0.2) is 9.55 Å². The van der Waals surface area contributed by atoms with Gasteiger partial charge in [-0.15, -0.1) is 0 Å². The molecule has 0 saturated carbocycles. The summed E-state index contributed by atoms with van der Waals surface area (Å²) in [6.07, 6.45) is 1.80. The maximum Gasteiger partial charge on any atom is 0.261 e. The number of nitrogens with one attached hydrogen (secondary N) is 1. The topological polar surface area (TPSA) is 37.8 Å². The van der Waals surface area contributed by atoms with Crippen molar-refractivity contribution in [2.45, 2.75) is 13.5 Å². The largest absolute Gasteiger partial charge is 0.364 e. The fraction of sp³-hybridized carbons (Fsp3) is 0.133. The van der Waals surface area contributed by atoms with Crippen LogP contribution in [0.15, 0.2) is 47.4 Å². The molecule has 19 heavy (non-hydrogen) atoms. The second-order valence-corrected chi connectivity index (χ2v) is 4.58. The third kappa shape index (κ3) is 1.95. The molecule has 0 aliphatic rings. The summed E-state index contributed by atoms with van der Waals surface area (Å²) >= 11 is 0. The Hall–Kier alpha value is -2.36. The van der Waals surface area contributed by atoms with E-state index >= 15 is 0 Å². The molecule has 0 unspecified atom stereocenters. The first-order valence-electron chi connectivity index (χ1n) is 6.08. The molecular weight excluding hydrogens is 243 g/mol. The van der Waals surface area contributed by atoms with Gasteiger partial charge in [-0.05, 0) is 36.6 Å². The summed E-state index contributed by atoms with van der Waals surface area (Å²) in [5.74, 6) is -0.470.